The number of rotatable bonds is 7. The van der Waals surface area contributed by atoms with Crippen LogP contribution in [0.15, 0.2) is 78.9 Å². The molecule has 2 aliphatic rings. The second-order valence-electron chi connectivity index (χ2n) is 8.91. The Morgan fingerprint density at radius 2 is 1.55 bits per heavy atom. The van der Waals surface area contributed by atoms with Gasteiger partial charge in [-0.05, 0) is 48.6 Å². The molecule has 0 N–H and O–H groups in total. The molecule has 0 saturated carbocycles. The molecule has 0 aromatic heterocycles. The molecule has 5 rings (SSSR count). The standard InChI is InChI=1S/C28H29ClN2O2/c29-23-12-10-21(11-13-23)14-19-31-27(32)25-8-4-5-9-26(25)28(31)33-24-15-17-30(18-16-24)20-22-6-2-1-3-7-22/h1-13,24,28H,14-20H2. The van der Waals surface area contributed by atoms with Crippen LogP contribution in [0.4, 0.5) is 0 Å². The summed E-state index contributed by atoms with van der Waals surface area (Å²) in [6.45, 7) is 3.61. The number of benzene rings is 3. The monoisotopic (exact) mass is 460 g/mol. The molecule has 1 amide bonds. The first-order valence-electron chi connectivity index (χ1n) is 11.7. The van der Waals surface area contributed by atoms with Crippen LogP contribution in [-0.4, -0.2) is 41.4 Å². The van der Waals surface area contributed by atoms with Gasteiger partial charge in [0.25, 0.3) is 5.91 Å². The molecule has 3 aromatic carbocycles. The van der Waals surface area contributed by atoms with Gasteiger partial charge >= 0.3 is 0 Å². The first-order valence-corrected chi connectivity index (χ1v) is 12.1. The Hall–Kier alpha value is -2.66. The van der Waals surface area contributed by atoms with Gasteiger partial charge in [0.1, 0.15) is 0 Å². The molecule has 0 spiro atoms. The summed E-state index contributed by atoms with van der Waals surface area (Å²) in [5.41, 5.74) is 4.27. The molecule has 3 aromatic rings. The second kappa shape index (κ2) is 10.1. The first kappa shape index (κ1) is 22.1. The van der Waals surface area contributed by atoms with Gasteiger partial charge in [-0.3, -0.25) is 9.69 Å². The van der Waals surface area contributed by atoms with Gasteiger partial charge in [0.2, 0.25) is 0 Å². The molecule has 4 nitrogen and oxygen atoms in total. The van der Waals surface area contributed by atoms with Crippen LogP contribution in [0.25, 0.3) is 0 Å². The van der Waals surface area contributed by atoms with Crippen LogP contribution >= 0.6 is 11.6 Å². The zero-order chi connectivity index (χ0) is 22.6. The predicted molar refractivity (Wildman–Crippen MR) is 131 cm³/mol. The maximum absolute atomic E-state index is 13.2. The van der Waals surface area contributed by atoms with Crippen LogP contribution in [0, 0.1) is 0 Å². The van der Waals surface area contributed by atoms with E-state index >= 15 is 0 Å². The van der Waals surface area contributed by atoms with Crippen molar-refractivity contribution in [3.8, 4) is 0 Å². The lowest BCUT2D eigenvalue weighted by molar-refractivity contribution is -0.0992. The molecule has 0 bridgehead atoms. The highest BCUT2D eigenvalue weighted by Crippen LogP contribution is 2.36. The minimum absolute atomic E-state index is 0.0612. The second-order valence-corrected chi connectivity index (χ2v) is 9.35. The van der Waals surface area contributed by atoms with Crippen LogP contribution in [0.5, 0.6) is 0 Å². The average molecular weight is 461 g/mol. The normalized spacial score (nSPS) is 19.1. The van der Waals surface area contributed by atoms with Gasteiger partial charge in [-0.2, -0.15) is 0 Å². The fraction of sp³-hybridized carbons (Fsp3) is 0.321. The number of fused-ring (bicyclic) bond motifs is 1. The van der Waals surface area contributed by atoms with E-state index in [4.69, 9.17) is 16.3 Å². The molecule has 33 heavy (non-hydrogen) atoms. The molecule has 2 aliphatic heterocycles. The molecule has 0 aliphatic carbocycles. The minimum atomic E-state index is -0.313. The van der Waals surface area contributed by atoms with E-state index in [1.807, 2.05) is 53.4 Å². The van der Waals surface area contributed by atoms with Gasteiger partial charge in [0.05, 0.1) is 6.10 Å². The van der Waals surface area contributed by atoms with E-state index in [0.717, 1.165) is 60.6 Å². The third-order valence-corrected chi connectivity index (χ3v) is 6.91. The van der Waals surface area contributed by atoms with E-state index in [9.17, 15) is 4.79 Å². The van der Waals surface area contributed by atoms with E-state index in [-0.39, 0.29) is 18.2 Å². The van der Waals surface area contributed by atoms with Crippen molar-refractivity contribution in [3.05, 3.63) is 106 Å². The van der Waals surface area contributed by atoms with Crippen LogP contribution < -0.4 is 0 Å². The Balaban J connectivity index is 1.24. The summed E-state index contributed by atoms with van der Waals surface area (Å²) in [7, 11) is 0. The van der Waals surface area contributed by atoms with Crippen molar-refractivity contribution in [2.45, 2.75) is 38.1 Å². The number of carbonyl (C=O) groups is 1. The lowest BCUT2D eigenvalue weighted by atomic mass is 10.1. The summed E-state index contributed by atoms with van der Waals surface area (Å²) in [5.74, 6) is 0.0612. The summed E-state index contributed by atoms with van der Waals surface area (Å²) in [6, 6.07) is 26.3. The van der Waals surface area contributed by atoms with Crippen molar-refractivity contribution in [1.29, 1.82) is 0 Å². The highest BCUT2D eigenvalue weighted by Gasteiger charge is 2.38. The van der Waals surface area contributed by atoms with Crippen molar-refractivity contribution in [2.75, 3.05) is 19.6 Å². The summed E-state index contributed by atoms with van der Waals surface area (Å²) in [6.07, 6.45) is 2.56. The highest BCUT2D eigenvalue weighted by atomic mass is 35.5. The lowest BCUT2D eigenvalue weighted by Crippen LogP contribution is -2.39. The average Bonchev–Trinajstić information content (AvgIpc) is 3.11. The van der Waals surface area contributed by atoms with E-state index in [0.29, 0.717) is 6.54 Å². The molecular weight excluding hydrogens is 432 g/mol. The SMILES string of the molecule is O=C1c2ccccc2C(OC2CCN(Cc3ccccc3)CC2)N1CCc1ccc(Cl)cc1. The fourth-order valence-electron chi connectivity index (χ4n) is 4.83. The zero-order valence-electron chi connectivity index (χ0n) is 18.7. The number of ether oxygens (including phenoxy) is 1. The largest absolute Gasteiger partial charge is 0.351 e. The summed E-state index contributed by atoms with van der Waals surface area (Å²) in [5, 5.41) is 0.725. The number of hydrogen-bond donors (Lipinski definition) is 0. The van der Waals surface area contributed by atoms with Crippen LogP contribution in [0.2, 0.25) is 5.02 Å². The molecule has 1 saturated heterocycles. The van der Waals surface area contributed by atoms with Crippen molar-refractivity contribution in [1.82, 2.24) is 9.80 Å². The van der Waals surface area contributed by atoms with E-state index < -0.39 is 0 Å². The number of likely N-dealkylation sites (tertiary alicyclic amines) is 1. The summed E-state index contributed by atoms with van der Waals surface area (Å²) in [4.78, 5) is 17.6. The minimum Gasteiger partial charge on any atom is -0.351 e. The van der Waals surface area contributed by atoms with Crippen molar-refractivity contribution in [3.63, 3.8) is 0 Å². The van der Waals surface area contributed by atoms with Gasteiger partial charge in [0, 0.05) is 42.3 Å². The van der Waals surface area contributed by atoms with E-state index in [1.54, 1.807) is 0 Å². The number of carbonyl (C=O) groups excluding carboxylic acids is 1. The van der Waals surface area contributed by atoms with Crippen molar-refractivity contribution < 1.29 is 9.53 Å². The maximum atomic E-state index is 13.2. The predicted octanol–water partition coefficient (Wildman–Crippen LogP) is 5.72. The topological polar surface area (TPSA) is 32.8 Å². The molecule has 170 valence electrons. The molecule has 1 unspecified atom stereocenters. The zero-order valence-corrected chi connectivity index (χ0v) is 19.5. The van der Waals surface area contributed by atoms with Crippen molar-refractivity contribution in [2.24, 2.45) is 0 Å². The van der Waals surface area contributed by atoms with Gasteiger partial charge in [-0.25, -0.2) is 0 Å². The van der Waals surface area contributed by atoms with Gasteiger partial charge < -0.3 is 9.64 Å². The number of nitrogens with zero attached hydrogens (tertiary/aromatic N) is 2. The van der Waals surface area contributed by atoms with E-state index in [2.05, 4.69) is 35.2 Å². The van der Waals surface area contributed by atoms with E-state index in [1.165, 1.54) is 5.56 Å². The van der Waals surface area contributed by atoms with Gasteiger partial charge in [-0.1, -0.05) is 72.3 Å². The third kappa shape index (κ3) is 5.14. The summed E-state index contributed by atoms with van der Waals surface area (Å²) < 4.78 is 6.63. The summed E-state index contributed by atoms with van der Waals surface area (Å²) >= 11 is 6.02. The number of piperidine rings is 1. The fourth-order valence-corrected chi connectivity index (χ4v) is 4.96. The molecule has 2 heterocycles. The number of hydrogen-bond acceptors (Lipinski definition) is 3. The quantitative estimate of drug-likeness (QED) is 0.452. The molecular formula is C28H29ClN2O2. The molecule has 1 fully saturated rings. The lowest BCUT2D eigenvalue weighted by Gasteiger charge is -2.35. The number of halogens is 1. The van der Waals surface area contributed by atoms with Gasteiger partial charge in [-0.15, -0.1) is 0 Å². The smallest absolute Gasteiger partial charge is 0.256 e. The Morgan fingerprint density at radius 3 is 2.30 bits per heavy atom. The van der Waals surface area contributed by atoms with Crippen molar-refractivity contribution >= 4 is 17.5 Å². The Labute approximate surface area is 200 Å². The van der Waals surface area contributed by atoms with Crippen LogP contribution in [0.1, 0.15) is 46.1 Å². The van der Waals surface area contributed by atoms with Gasteiger partial charge in [0.15, 0.2) is 6.23 Å². The molecule has 5 heteroatoms. The molecule has 1 atom stereocenters. The Bertz CT molecular complexity index is 1080. The number of amides is 1. The Kier molecular flexibility index (Phi) is 6.77. The maximum Gasteiger partial charge on any atom is 0.256 e. The Morgan fingerprint density at radius 1 is 0.848 bits per heavy atom. The first-order chi connectivity index (χ1) is 16.2. The van der Waals surface area contributed by atoms with Crippen LogP contribution in [0.3, 0.4) is 0 Å². The highest BCUT2D eigenvalue weighted by molar-refractivity contribution is 6.30. The molecule has 0 radical (unpaired) electrons. The third-order valence-electron chi connectivity index (χ3n) is 6.66. The van der Waals surface area contributed by atoms with Crippen LogP contribution in [-0.2, 0) is 17.7 Å².